The van der Waals surface area contributed by atoms with Gasteiger partial charge < -0.3 is 14.6 Å². The first-order chi connectivity index (χ1) is 8.49. The van der Waals surface area contributed by atoms with Crippen LogP contribution in [0.15, 0.2) is 22.7 Å². The summed E-state index contributed by atoms with van der Waals surface area (Å²) in [6, 6.07) is 3.07. The molecular weight excluding hydrogens is 304 g/mol. The molecule has 0 spiro atoms. The number of halogens is 1. The third-order valence-corrected chi connectivity index (χ3v) is 2.82. The smallest absolute Gasteiger partial charge is 0.341 e. The van der Waals surface area contributed by atoms with Crippen LogP contribution in [0.4, 0.5) is 0 Å². The maximum Gasteiger partial charge on any atom is 0.341 e. The largest absolute Gasteiger partial charge is 0.496 e. The normalized spacial score (nSPS) is 10.4. The number of hydrogen-bond donors (Lipinski definition) is 1. The van der Waals surface area contributed by atoms with E-state index in [2.05, 4.69) is 20.7 Å². The van der Waals surface area contributed by atoms with Crippen molar-refractivity contribution >= 4 is 33.9 Å². The second-order valence-electron chi connectivity index (χ2n) is 3.24. The van der Waals surface area contributed by atoms with E-state index in [1.165, 1.54) is 26.4 Å². The zero-order chi connectivity index (χ0) is 13.7. The van der Waals surface area contributed by atoms with E-state index in [1.54, 1.807) is 6.07 Å². The lowest BCUT2D eigenvalue weighted by molar-refractivity contribution is -0.131. The molecular formula is C12H11BrO5. The SMILES string of the molecule is COC(=O)c1cc(Br)c(C=CC(=O)O)cc1OC. The Morgan fingerprint density at radius 1 is 1.33 bits per heavy atom. The molecule has 0 aliphatic rings. The predicted molar refractivity (Wildman–Crippen MR) is 68.7 cm³/mol. The van der Waals surface area contributed by atoms with E-state index < -0.39 is 11.9 Å². The molecule has 0 aliphatic carbocycles. The summed E-state index contributed by atoms with van der Waals surface area (Å²) in [7, 11) is 2.69. The van der Waals surface area contributed by atoms with Crippen LogP contribution in [0, 0.1) is 0 Å². The predicted octanol–water partition coefficient (Wildman–Crippen LogP) is 2.34. The summed E-state index contributed by atoms with van der Waals surface area (Å²) in [6.45, 7) is 0. The highest BCUT2D eigenvalue weighted by molar-refractivity contribution is 9.10. The summed E-state index contributed by atoms with van der Waals surface area (Å²) in [5.74, 6) is -1.27. The van der Waals surface area contributed by atoms with Gasteiger partial charge in [0.15, 0.2) is 0 Å². The molecule has 1 N–H and O–H groups in total. The quantitative estimate of drug-likeness (QED) is 0.682. The Morgan fingerprint density at radius 2 is 2.00 bits per heavy atom. The van der Waals surface area contributed by atoms with Gasteiger partial charge in [-0.05, 0) is 23.8 Å². The average Bonchev–Trinajstić information content (AvgIpc) is 2.35. The Balaban J connectivity index is 3.26. The van der Waals surface area contributed by atoms with Crippen molar-refractivity contribution in [3.63, 3.8) is 0 Å². The van der Waals surface area contributed by atoms with Gasteiger partial charge in [-0.25, -0.2) is 9.59 Å². The summed E-state index contributed by atoms with van der Waals surface area (Å²) in [6.07, 6.45) is 2.40. The Kier molecular flexibility index (Phi) is 4.91. The van der Waals surface area contributed by atoms with Gasteiger partial charge in [-0.3, -0.25) is 0 Å². The van der Waals surface area contributed by atoms with Gasteiger partial charge in [0.05, 0.1) is 14.2 Å². The molecule has 0 radical (unpaired) electrons. The third-order valence-electron chi connectivity index (χ3n) is 2.13. The molecule has 5 nitrogen and oxygen atoms in total. The van der Waals surface area contributed by atoms with E-state index >= 15 is 0 Å². The summed E-state index contributed by atoms with van der Waals surface area (Å²) in [5, 5.41) is 8.57. The number of esters is 1. The van der Waals surface area contributed by atoms with E-state index in [-0.39, 0.29) is 5.56 Å². The summed E-state index contributed by atoms with van der Waals surface area (Å²) >= 11 is 3.25. The first kappa shape index (κ1) is 14.2. The number of carbonyl (C=O) groups excluding carboxylic acids is 1. The molecule has 0 fully saturated rings. The monoisotopic (exact) mass is 314 g/mol. The summed E-state index contributed by atoms with van der Waals surface area (Å²) in [4.78, 5) is 21.9. The molecule has 1 rings (SSSR count). The van der Waals surface area contributed by atoms with E-state index in [0.29, 0.717) is 15.8 Å². The Bertz CT molecular complexity index is 507. The number of aliphatic carboxylic acids is 1. The second-order valence-corrected chi connectivity index (χ2v) is 4.09. The van der Waals surface area contributed by atoms with Crippen molar-refractivity contribution in [3.05, 3.63) is 33.8 Å². The third kappa shape index (κ3) is 3.33. The summed E-state index contributed by atoms with van der Waals surface area (Å²) in [5.41, 5.74) is 0.848. The molecule has 0 saturated heterocycles. The molecule has 96 valence electrons. The zero-order valence-corrected chi connectivity index (χ0v) is 11.4. The highest BCUT2D eigenvalue weighted by Crippen LogP contribution is 2.28. The van der Waals surface area contributed by atoms with E-state index in [9.17, 15) is 9.59 Å². The molecule has 6 heteroatoms. The molecule has 0 aliphatic heterocycles. The Labute approximate surface area is 112 Å². The lowest BCUT2D eigenvalue weighted by Gasteiger charge is -2.09. The number of carboxylic acid groups (broad SMARTS) is 1. The first-order valence-electron chi connectivity index (χ1n) is 4.86. The number of rotatable bonds is 4. The highest BCUT2D eigenvalue weighted by atomic mass is 79.9. The molecule has 18 heavy (non-hydrogen) atoms. The highest BCUT2D eigenvalue weighted by Gasteiger charge is 2.15. The van der Waals surface area contributed by atoms with Gasteiger partial charge >= 0.3 is 11.9 Å². The number of ether oxygens (including phenoxy) is 2. The van der Waals surface area contributed by atoms with Gasteiger partial charge in [-0.15, -0.1) is 0 Å². The molecule has 0 unspecified atom stereocenters. The fourth-order valence-electron chi connectivity index (χ4n) is 1.30. The lowest BCUT2D eigenvalue weighted by Crippen LogP contribution is -2.04. The minimum absolute atomic E-state index is 0.263. The summed E-state index contributed by atoms with van der Waals surface area (Å²) < 4.78 is 10.3. The molecule has 0 bridgehead atoms. The molecule has 0 atom stereocenters. The fraction of sp³-hybridized carbons (Fsp3) is 0.167. The van der Waals surface area contributed by atoms with Crippen molar-refractivity contribution in [2.75, 3.05) is 14.2 Å². The maximum atomic E-state index is 11.5. The number of benzene rings is 1. The maximum absolute atomic E-state index is 11.5. The molecule has 1 aromatic rings. The van der Waals surface area contributed by atoms with Crippen LogP contribution in [0.5, 0.6) is 5.75 Å². The van der Waals surface area contributed by atoms with Crippen LogP contribution >= 0.6 is 15.9 Å². The number of hydrogen-bond acceptors (Lipinski definition) is 4. The van der Waals surface area contributed by atoms with Crippen molar-refractivity contribution in [2.24, 2.45) is 0 Å². The van der Waals surface area contributed by atoms with Gasteiger partial charge in [-0.1, -0.05) is 15.9 Å². The van der Waals surface area contributed by atoms with Gasteiger partial charge in [0.1, 0.15) is 11.3 Å². The van der Waals surface area contributed by atoms with Crippen LogP contribution in [0.2, 0.25) is 0 Å². The van der Waals surface area contributed by atoms with E-state index in [0.717, 1.165) is 6.08 Å². The second kappa shape index (κ2) is 6.20. The van der Waals surface area contributed by atoms with Crippen molar-refractivity contribution in [1.29, 1.82) is 0 Å². The van der Waals surface area contributed by atoms with Gasteiger partial charge in [0, 0.05) is 10.5 Å². The molecule has 0 heterocycles. The standard InChI is InChI=1S/C12H11BrO5/c1-17-10-5-7(3-4-11(14)15)9(13)6-8(10)12(16)18-2/h3-6H,1-2H3,(H,14,15). The minimum Gasteiger partial charge on any atom is -0.496 e. The van der Waals surface area contributed by atoms with Crippen LogP contribution in [0.25, 0.3) is 6.08 Å². The Hall–Kier alpha value is -1.82. The van der Waals surface area contributed by atoms with Crippen molar-refractivity contribution < 1.29 is 24.2 Å². The van der Waals surface area contributed by atoms with Gasteiger partial charge in [0.2, 0.25) is 0 Å². The molecule has 0 aromatic heterocycles. The van der Waals surface area contributed by atoms with Crippen LogP contribution in [-0.2, 0) is 9.53 Å². The van der Waals surface area contributed by atoms with Crippen molar-refractivity contribution in [3.8, 4) is 5.75 Å². The molecule has 0 saturated carbocycles. The van der Waals surface area contributed by atoms with Crippen LogP contribution in [0.1, 0.15) is 15.9 Å². The number of carbonyl (C=O) groups is 2. The van der Waals surface area contributed by atoms with Crippen LogP contribution < -0.4 is 4.74 Å². The van der Waals surface area contributed by atoms with Crippen molar-refractivity contribution in [1.82, 2.24) is 0 Å². The fourth-order valence-corrected chi connectivity index (χ4v) is 1.77. The molecule has 1 aromatic carbocycles. The van der Waals surface area contributed by atoms with E-state index in [4.69, 9.17) is 9.84 Å². The minimum atomic E-state index is -1.06. The van der Waals surface area contributed by atoms with E-state index in [1.807, 2.05) is 0 Å². The zero-order valence-electron chi connectivity index (χ0n) is 9.77. The number of methoxy groups -OCH3 is 2. The number of carboxylic acids is 1. The lowest BCUT2D eigenvalue weighted by atomic mass is 10.1. The average molecular weight is 315 g/mol. The Morgan fingerprint density at radius 3 is 2.50 bits per heavy atom. The van der Waals surface area contributed by atoms with Gasteiger partial charge in [-0.2, -0.15) is 0 Å². The first-order valence-corrected chi connectivity index (χ1v) is 5.65. The van der Waals surface area contributed by atoms with Crippen molar-refractivity contribution in [2.45, 2.75) is 0 Å². The topological polar surface area (TPSA) is 72.8 Å². The molecule has 0 amide bonds. The van der Waals surface area contributed by atoms with Crippen LogP contribution in [-0.4, -0.2) is 31.3 Å². The van der Waals surface area contributed by atoms with Crippen LogP contribution in [0.3, 0.4) is 0 Å². The van der Waals surface area contributed by atoms with Gasteiger partial charge in [0.25, 0.3) is 0 Å².